The molecule has 0 saturated heterocycles. The third-order valence-corrected chi connectivity index (χ3v) is 0. The highest BCUT2D eigenvalue weighted by Gasteiger charge is 1.86. The Balaban J connectivity index is 0. The Kier molecular flexibility index (Phi) is 9.17. The Hall–Kier alpha value is -0.170. The molecular formula is C2H5BrO5. The molecule has 0 heterocycles. The van der Waals surface area contributed by atoms with E-state index in [-0.39, 0.29) is 0 Å². The molecule has 50 valence electrons. The van der Waals surface area contributed by atoms with Gasteiger partial charge in [0.2, 0.25) is 0 Å². The second-order valence-electron chi connectivity index (χ2n) is 0.720. The summed E-state index contributed by atoms with van der Waals surface area (Å²) in [7, 11) is 0. The molecule has 0 atom stereocenters. The van der Waals surface area contributed by atoms with Gasteiger partial charge in [0, 0.05) is 6.92 Å². The fraction of sp³-hybridized carbons (Fsp3) is 0.500. The lowest BCUT2D eigenvalue weighted by Crippen LogP contribution is -2.30. The standard InChI is InChI=1S/C2H4O2.BrHO3/c1-2(3)4;2-1(3)4/h1H3,(H,3,4);2H. The van der Waals surface area contributed by atoms with Crippen LogP contribution in [0.2, 0.25) is 0 Å². The number of carboxylic acid groups (broad SMARTS) is 1. The number of halogens is 1. The first kappa shape index (κ1) is 10.7. The summed E-state index contributed by atoms with van der Waals surface area (Å²) in [5.41, 5.74) is 0. The minimum absolute atomic E-state index is 0.833. The summed E-state index contributed by atoms with van der Waals surface area (Å²) < 4.78 is 24.3. The van der Waals surface area contributed by atoms with Gasteiger partial charge in [0.15, 0.2) is 0 Å². The smallest absolute Gasteiger partial charge is 0.433 e. The van der Waals surface area contributed by atoms with E-state index in [1.165, 1.54) is 0 Å². The lowest BCUT2D eigenvalue weighted by Gasteiger charge is -1.69. The number of carbonyl (C=O) groups is 1. The first-order valence-corrected chi connectivity index (χ1v) is 3.41. The quantitative estimate of drug-likeness (QED) is 0.427. The van der Waals surface area contributed by atoms with Crippen molar-refractivity contribution < 1.29 is 37.3 Å². The van der Waals surface area contributed by atoms with Crippen molar-refractivity contribution in [1.29, 1.82) is 0 Å². The van der Waals surface area contributed by atoms with Gasteiger partial charge in [-0.15, -0.1) is 0 Å². The number of hydrogen-bond acceptors (Lipinski definition) is 4. The molecule has 0 amide bonds. The highest BCUT2D eigenvalue weighted by molar-refractivity contribution is 5.62. The van der Waals surface area contributed by atoms with Gasteiger partial charge in [-0.2, -0.15) is 0 Å². The van der Waals surface area contributed by atoms with Crippen molar-refractivity contribution in [2.45, 2.75) is 6.92 Å². The van der Waals surface area contributed by atoms with E-state index >= 15 is 0 Å². The third kappa shape index (κ3) is 4710. The van der Waals surface area contributed by atoms with Gasteiger partial charge in [0.25, 0.3) is 5.97 Å². The van der Waals surface area contributed by atoms with E-state index in [4.69, 9.17) is 22.5 Å². The van der Waals surface area contributed by atoms with Crippen molar-refractivity contribution in [2.24, 2.45) is 0 Å². The summed E-state index contributed by atoms with van der Waals surface area (Å²) >= 11 is -3.40. The molecule has 0 bridgehead atoms. The molecule has 0 aromatic rings. The van der Waals surface area contributed by atoms with Crippen molar-refractivity contribution in [3.8, 4) is 0 Å². The number of carboxylic acids is 1. The number of hydrogen-bond donors (Lipinski definition) is 2. The van der Waals surface area contributed by atoms with E-state index in [1.807, 2.05) is 0 Å². The molecule has 2 N–H and O–H groups in total. The zero-order valence-electron chi connectivity index (χ0n) is 4.00. The SMILES string of the molecule is CC(=O)O.[O-][Br+2]([O-])O. The Morgan fingerprint density at radius 2 is 1.62 bits per heavy atom. The lowest BCUT2D eigenvalue weighted by molar-refractivity contribution is -1.63. The van der Waals surface area contributed by atoms with E-state index < -0.39 is 20.8 Å². The van der Waals surface area contributed by atoms with Gasteiger partial charge in [-0.1, -0.05) is 0 Å². The zero-order chi connectivity index (χ0) is 7.15. The van der Waals surface area contributed by atoms with E-state index in [2.05, 4.69) is 0 Å². The van der Waals surface area contributed by atoms with Gasteiger partial charge >= 0.3 is 14.8 Å². The molecule has 0 aliphatic rings. The van der Waals surface area contributed by atoms with Gasteiger partial charge in [-0.3, -0.25) is 4.79 Å². The molecule has 0 aromatic carbocycles. The topological polar surface area (TPSA) is 104 Å². The van der Waals surface area contributed by atoms with Crippen molar-refractivity contribution in [2.75, 3.05) is 0 Å². The molecule has 0 spiro atoms. The van der Waals surface area contributed by atoms with Crippen LogP contribution in [-0.4, -0.2) is 15.3 Å². The van der Waals surface area contributed by atoms with Gasteiger partial charge < -0.3 is 13.5 Å². The fourth-order valence-electron chi connectivity index (χ4n) is 0. The van der Waals surface area contributed by atoms with Gasteiger partial charge in [-0.05, 0) is 4.20 Å². The van der Waals surface area contributed by atoms with Crippen LogP contribution in [-0.2, 0) is 4.79 Å². The van der Waals surface area contributed by atoms with E-state index in [1.54, 1.807) is 0 Å². The first-order valence-electron chi connectivity index (χ1n) is 1.41. The average molecular weight is 189 g/mol. The summed E-state index contributed by atoms with van der Waals surface area (Å²) in [6.07, 6.45) is 0. The molecule has 5 nitrogen and oxygen atoms in total. The molecular weight excluding hydrogens is 184 g/mol. The minimum atomic E-state index is -3.40. The Bertz CT molecular complexity index is 54.7. The largest absolute Gasteiger partial charge is 0.481 e. The van der Waals surface area contributed by atoms with Crippen LogP contribution in [0.1, 0.15) is 6.92 Å². The zero-order valence-corrected chi connectivity index (χ0v) is 5.58. The summed E-state index contributed by atoms with van der Waals surface area (Å²) in [6, 6.07) is 0. The third-order valence-electron chi connectivity index (χ3n) is 0. The lowest BCUT2D eigenvalue weighted by atomic mass is 10.9. The molecule has 0 rings (SSSR count). The molecule has 0 aliphatic heterocycles. The van der Waals surface area contributed by atoms with Crippen LogP contribution < -0.4 is 8.40 Å². The van der Waals surface area contributed by atoms with Crippen molar-refractivity contribution in [3.05, 3.63) is 0 Å². The maximum absolute atomic E-state index is 9.00. The second-order valence-corrected chi connectivity index (χ2v) is 1.56. The van der Waals surface area contributed by atoms with Gasteiger partial charge in [-0.25, -0.2) is 0 Å². The monoisotopic (exact) mass is 188 g/mol. The minimum Gasteiger partial charge on any atom is -0.481 e. The summed E-state index contributed by atoms with van der Waals surface area (Å²) in [4.78, 5) is 9.00. The Morgan fingerprint density at radius 1 is 1.62 bits per heavy atom. The predicted octanol–water partition coefficient (Wildman–Crippen LogP) is -2.84. The highest BCUT2D eigenvalue weighted by atomic mass is 80.0. The number of aliphatic carboxylic acids is 1. The van der Waals surface area contributed by atoms with Crippen LogP contribution in [0.5, 0.6) is 0 Å². The summed E-state index contributed by atoms with van der Waals surface area (Å²) in [5, 5.41) is 7.42. The fourth-order valence-corrected chi connectivity index (χ4v) is 0. The van der Waals surface area contributed by atoms with Gasteiger partial charge in [0.1, 0.15) is 0 Å². The van der Waals surface area contributed by atoms with Gasteiger partial charge in [0.05, 0.1) is 0 Å². The maximum Gasteiger partial charge on any atom is 0.433 e. The van der Waals surface area contributed by atoms with Crippen LogP contribution in [0.25, 0.3) is 0 Å². The van der Waals surface area contributed by atoms with Crippen molar-refractivity contribution in [3.63, 3.8) is 0 Å². The normalized spacial score (nSPS) is 7.62. The van der Waals surface area contributed by atoms with Crippen LogP contribution in [0.4, 0.5) is 0 Å². The molecule has 6 heteroatoms. The summed E-state index contributed by atoms with van der Waals surface area (Å²) in [5.74, 6) is -0.833. The van der Waals surface area contributed by atoms with Crippen LogP contribution in [0.15, 0.2) is 0 Å². The molecule has 0 aromatic heterocycles. The molecule has 0 unspecified atom stereocenters. The van der Waals surface area contributed by atoms with E-state index in [0.29, 0.717) is 0 Å². The van der Waals surface area contributed by atoms with E-state index in [9.17, 15) is 0 Å². The molecule has 0 aliphatic carbocycles. The molecule has 0 saturated carbocycles. The van der Waals surface area contributed by atoms with E-state index in [0.717, 1.165) is 6.92 Å². The Labute approximate surface area is 51.0 Å². The van der Waals surface area contributed by atoms with Crippen LogP contribution >= 0.6 is 0 Å². The Morgan fingerprint density at radius 3 is 1.62 bits per heavy atom. The van der Waals surface area contributed by atoms with Crippen molar-refractivity contribution >= 4 is 5.97 Å². The van der Waals surface area contributed by atoms with Crippen LogP contribution in [0, 0.1) is 14.8 Å². The first-order chi connectivity index (χ1) is 3.46. The molecule has 0 fully saturated rings. The number of rotatable bonds is 0. The maximum atomic E-state index is 9.00. The second kappa shape index (κ2) is 6.83. The van der Waals surface area contributed by atoms with Crippen molar-refractivity contribution in [1.82, 2.24) is 0 Å². The predicted molar refractivity (Wildman–Crippen MR) is 15.5 cm³/mol. The van der Waals surface area contributed by atoms with Crippen LogP contribution in [0.3, 0.4) is 0 Å². The summed E-state index contributed by atoms with van der Waals surface area (Å²) in [6.45, 7) is 1.08. The highest BCUT2D eigenvalue weighted by Crippen LogP contribution is 1.42. The molecule has 8 heavy (non-hydrogen) atoms. The molecule has 0 radical (unpaired) electrons. The average Bonchev–Trinajstić information content (AvgIpc) is 1.25.